The molecule has 0 saturated carbocycles. The van der Waals surface area contributed by atoms with Crippen molar-refractivity contribution < 1.29 is 17.9 Å². The van der Waals surface area contributed by atoms with Crippen LogP contribution in [0.2, 0.25) is 5.02 Å². The molecule has 2 aliphatic heterocycles. The van der Waals surface area contributed by atoms with Gasteiger partial charge in [-0.05, 0) is 43.3 Å². The lowest BCUT2D eigenvalue weighted by Crippen LogP contribution is -2.55. The molecule has 0 aromatic heterocycles. The number of rotatable bonds is 3. The Morgan fingerprint density at radius 3 is 2.24 bits per heavy atom. The molecule has 6 nitrogen and oxygen atoms in total. The maximum Gasteiger partial charge on any atom is 0.253 e. The van der Waals surface area contributed by atoms with Gasteiger partial charge in [0.05, 0.1) is 11.5 Å². The number of carbonyl (C=O) groups excluding carboxylic acids is 1. The lowest BCUT2D eigenvalue weighted by Gasteiger charge is -2.42. The van der Waals surface area contributed by atoms with Crippen molar-refractivity contribution in [2.24, 2.45) is 0 Å². The Hall–Kier alpha value is -1.93. The van der Waals surface area contributed by atoms with E-state index in [0.29, 0.717) is 49.7 Å². The number of nitrogens with zero attached hydrogens (tertiary/aromatic N) is 2. The van der Waals surface area contributed by atoms with Crippen LogP contribution in [0.3, 0.4) is 0 Å². The van der Waals surface area contributed by atoms with Crippen molar-refractivity contribution in [3.05, 3.63) is 64.7 Å². The SMILES string of the molecule is Cc1ccc(C(=O)N2CCC3(CC2)OCCN3S(=O)(=O)c2ccc(Cl)cc2)cc1. The van der Waals surface area contributed by atoms with Crippen LogP contribution in [-0.4, -0.2) is 55.5 Å². The summed E-state index contributed by atoms with van der Waals surface area (Å²) < 4.78 is 33.8. The monoisotopic (exact) mass is 434 g/mol. The number of likely N-dealkylation sites (tertiary alicyclic amines) is 1. The predicted octanol–water partition coefficient (Wildman–Crippen LogP) is 3.30. The van der Waals surface area contributed by atoms with Crippen LogP contribution in [-0.2, 0) is 14.8 Å². The maximum absolute atomic E-state index is 13.2. The van der Waals surface area contributed by atoms with Gasteiger partial charge >= 0.3 is 0 Å². The summed E-state index contributed by atoms with van der Waals surface area (Å²) in [6, 6.07) is 13.6. The van der Waals surface area contributed by atoms with Gasteiger partial charge in [-0.2, -0.15) is 4.31 Å². The summed E-state index contributed by atoms with van der Waals surface area (Å²) in [7, 11) is -3.71. The lowest BCUT2D eigenvalue weighted by molar-refractivity contribution is -0.0857. The molecule has 29 heavy (non-hydrogen) atoms. The Labute approximate surface area is 176 Å². The largest absolute Gasteiger partial charge is 0.358 e. The maximum atomic E-state index is 13.2. The van der Waals surface area contributed by atoms with E-state index in [9.17, 15) is 13.2 Å². The minimum absolute atomic E-state index is 0.0371. The van der Waals surface area contributed by atoms with Crippen molar-refractivity contribution in [2.75, 3.05) is 26.2 Å². The normalized spacial score (nSPS) is 19.6. The molecule has 0 bridgehead atoms. The highest BCUT2D eigenvalue weighted by molar-refractivity contribution is 7.89. The second kappa shape index (κ2) is 7.72. The van der Waals surface area contributed by atoms with Gasteiger partial charge in [0.15, 0.2) is 0 Å². The summed E-state index contributed by atoms with van der Waals surface area (Å²) in [5.41, 5.74) is 0.841. The minimum Gasteiger partial charge on any atom is -0.358 e. The van der Waals surface area contributed by atoms with Crippen LogP contribution in [0, 0.1) is 6.92 Å². The van der Waals surface area contributed by atoms with Gasteiger partial charge in [0.1, 0.15) is 5.72 Å². The zero-order valence-electron chi connectivity index (χ0n) is 16.2. The zero-order chi connectivity index (χ0) is 20.6. The second-order valence-electron chi connectivity index (χ2n) is 7.48. The molecule has 8 heteroatoms. The van der Waals surface area contributed by atoms with Gasteiger partial charge in [-0.3, -0.25) is 4.79 Å². The van der Waals surface area contributed by atoms with Gasteiger partial charge < -0.3 is 9.64 Å². The number of halogens is 1. The third-order valence-corrected chi connectivity index (χ3v) is 7.87. The van der Waals surface area contributed by atoms with Crippen molar-refractivity contribution in [1.82, 2.24) is 9.21 Å². The number of benzene rings is 2. The fourth-order valence-corrected chi connectivity index (χ4v) is 5.85. The van der Waals surface area contributed by atoms with Crippen LogP contribution in [0.4, 0.5) is 0 Å². The molecule has 2 aromatic carbocycles. The van der Waals surface area contributed by atoms with E-state index in [4.69, 9.17) is 16.3 Å². The molecule has 0 N–H and O–H groups in total. The van der Waals surface area contributed by atoms with Crippen molar-refractivity contribution in [2.45, 2.75) is 30.4 Å². The van der Waals surface area contributed by atoms with E-state index in [1.54, 1.807) is 17.0 Å². The number of piperidine rings is 1. The van der Waals surface area contributed by atoms with Crippen LogP contribution in [0.1, 0.15) is 28.8 Å². The first-order valence-electron chi connectivity index (χ1n) is 9.60. The van der Waals surface area contributed by atoms with Crippen LogP contribution in [0.15, 0.2) is 53.4 Å². The highest BCUT2D eigenvalue weighted by atomic mass is 35.5. The van der Waals surface area contributed by atoms with Crippen molar-refractivity contribution in [3.8, 4) is 0 Å². The molecule has 1 spiro atoms. The number of hydrogen-bond donors (Lipinski definition) is 0. The Kier molecular flexibility index (Phi) is 5.42. The van der Waals surface area contributed by atoms with Crippen molar-refractivity contribution in [1.29, 1.82) is 0 Å². The molecule has 2 aromatic rings. The van der Waals surface area contributed by atoms with Crippen LogP contribution < -0.4 is 0 Å². The van der Waals surface area contributed by atoms with Crippen LogP contribution >= 0.6 is 11.6 Å². The van der Waals surface area contributed by atoms with E-state index >= 15 is 0 Å². The number of sulfonamides is 1. The average molecular weight is 435 g/mol. The van der Waals surface area contributed by atoms with E-state index in [-0.39, 0.29) is 10.8 Å². The third kappa shape index (κ3) is 3.80. The molecule has 0 aliphatic carbocycles. The molecular formula is C21H23ClN2O4S. The van der Waals surface area contributed by atoms with E-state index in [1.807, 2.05) is 31.2 Å². The average Bonchev–Trinajstić information content (AvgIpc) is 3.13. The fourth-order valence-electron chi connectivity index (χ4n) is 4.00. The Morgan fingerprint density at radius 1 is 1.00 bits per heavy atom. The topological polar surface area (TPSA) is 66.9 Å². The standard InChI is InChI=1S/C21H23ClN2O4S/c1-16-2-4-17(5-3-16)20(25)23-12-10-21(11-13-23)24(14-15-28-21)29(26,27)19-8-6-18(22)7-9-19/h2-9H,10-15H2,1H3. The van der Waals surface area contributed by atoms with Crippen LogP contribution in [0.5, 0.6) is 0 Å². The molecule has 0 radical (unpaired) electrons. The van der Waals surface area contributed by atoms with Crippen molar-refractivity contribution >= 4 is 27.5 Å². The highest BCUT2D eigenvalue weighted by Gasteiger charge is 2.51. The molecule has 2 aliphatic rings. The highest BCUT2D eigenvalue weighted by Crippen LogP contribution is 2.38. The predicted molar refractivity (Wildman–Crippen MR) is 110 cm³/mol. The molecule has 2 saturated heterocycles. The number of amides is 1. The molecule has 0 unspecified atom stereocenters. The molecule has 4 rings (SSSR count). The van der Waals surface area contributed by atoms with E-state index in [0.717, 1.165) is 5.56 Å². The fraction of sp³-hybridized carbons (Fsp3) is 0.381. The first kappa shape index (κ1) is 20.3. The first-order chi connectivity index (χ1) is 13.8. The molecule has 1 amide bonds. The van der Waals surface area contributed by atoms with Gasteiger partial charge in [-0.1, -0.05) is 29.3 Å². The summed E-state index contributed by atoms with van der Waals surface area (Å²) in [5.74, 6) is -0.0371. The van der Waals surface area contributed by atoms with Gasteiger partial charge in [0, 0.05) is 43.1 Å². The zero-order valence-corrected chi connectivity index (χ0v) is 17.7. The Balaban J connectivity index is 1.51. The number of aryl methyl sites for hydroxylation is 1. The molecular weight excluding hydrogens is 412 g/mol. The summed E-state index contributed by atoms with van der Waals surface area (Å²) in [5, 5.41) is 0.485. The quantitative estimate of drug-likeness (QED) is 0.743. The van der Waals surface area contributed by atoms with E-state index < -0.39 is 15.7 Å². The smallest absolute Gasteiger partial charge is 0.253 e. The Morgan fingerprint density at radius 2 is 1.62 bits per heavy atom. The Bertz CT molecular complexity index is 998. The summed E-state index contributed by atoms with van der Waals surface area (Å²) in [6.07, 6.45) is 0.884. The summed E-state index contributed by atoms with van der Waals surface area (Å²) in [4.78, 5) is 14.8. The van der Waals surface area contributed by atoms with E-state index in [2.05, 4.69) is 0 Å². The van der Waals surface area contributed by atoms with Crippen molar-refractivity contribution in [3.63, 3.8) is 0 Å². The minimum atomic E-state index is -3.71. The van der Waals surface area contributed by atoms with Crippen LogP contribution in [0.25, 0.3) is 0 Å². The lowest BCUT2D eigenvalue weighted by atomic mass is 9.99. The molecule has 0 atom stereocenters. The molecule has 2 fully saturated rings. The van der Waals surface area contributed by atoms with E-state index in [1.165, 1.54) is 16.4 Å². The van der Waals surface area contributed by atoms with Gasteiger partial charge in [0.25, 0.3) is 5.91 Å². The van der Waals surface area contributed by atoms with Gasteiger partial charge in [0.2, 0.25) is 10.0 Å². The molecule has 2 heterocycles. The van der Waals surface area contributed by atoms with Gasteiger partial charge in [-0.25, -0.2) is 8.42 Å². The summed E-state index contributed by atoms with van der Waals surface area (Å²) in [6.45, 7) is 3.51. The number of hydrogen-bond acceptors (Lipinski definition) is 4. The number of carbonyl (C=O) groups is 1. The van der Waals surface area contributed by atoms with Gasteiger partial charge in [-0.15, -0.1) is 0 Å². The number of ether oxygens (including phenoxy) is 1. The molecule has 154 valence electrons. The first-order valence-corrected chi connectivity index (χ1v) is 11.4. The summed E-state index contributed by atoms with van der Waals surface area (Å²) >= 11 is 5.90. The second-order valence-corrected chi connectivity index (χ2v) is 9.78. The third-order valence-electron chi connectivity index (χ3n) is 5.65.